The summed E-state index contributed by atoms with van der Waals surface area (Å²) in [5.41, 5.74) is 5.00. The molecule has 1 unspecified atom stereocenters. The number of aliphatic hydroxyl groups excluding tert-OH is 1. The fraction of sp³-hybridized carbons (Fsp3) is 0.357. The number of aliphatic hydroxyl groups is 1. The van der Waals surface area contributed by atoms with Gasteiger partial charge in [-0.1, -0.05) is 30.4 Å². The van der Waals surface area contributed by atoms with Crippen LogP contribution >= 0.6 is 0 Å². The molecular formula is C14H18N2O2. The zero-order valence-electron chi connectivity index (χ0n) is 10.5. The Bertz CT molecular complexity index is 457. The standard InChI is InChI=1S/C14H18N2O2/c1-2-6-13(17)14(18)15-16-10-5-8-11-7-3-4-9-12(11)16/h2-4,6-7,9,13,17H,5,8,10H2,1H3,(H,15,18)/b6-2+. The van der Waals surface area contributed by atoms with Crippen molar-refractivity contribution >= 4 is 11.6 Å². The molecule has 4 nitrogen and oxygen atoms in total. The SMILES string of the molecule is C/C=C/C(O)C(=O)NN1CCCc2ccccc21. The first-order valence-corrected chi connectivity index (χ1v) is 6.19. The van der Waals surface area contributed by atoms with Crippen molar-refractivity contribution in [2.24, 2.45) is 0 Å². The van der Waals surface area contributed by atoms with E-state index < -0.39 is 12.0 Å². The van der Waals surface area contributed by atoms with Gasteiger partial charge in [0.1, 0.15) is 0 Å². The molecule has 0 saturated heterocycles. The lowest BCUT2D eigenvalue weighted by atomic mass is 10.0. The minimum absolute atomic E-state index is 0.398. The highest BCUT2D eigenvalue weighted by atomic mass is 16.3. The molecule has 1 aromatic rings. The first-order chi connectivity index (χ1) is 8.72. The second kappa shape index (κ2) is 5.69. The van der Waals surface area contributed by atoms with Crippen molar-refractivity contribution in [3.8, 4) is 0 Å². The van der Waals surface area contributed by atoms with Crippen molar-refractivity contribution < 1.29 is 9.90 Å². The number of para-hydroxylation sites is 1. The van der Waals surface area contributed by atoms with Crippen LogP contribution in [0.25, 0.3) is 0 Å². The lowest BCUT2D eigenvalue weighted by Gasteiger charge is -2.31. The van der Waals surface area contributed by atoms with Crippen molar-refractivity contribution in [1.82, 2.24) is 5.43 Å². The first-order valence-electron chi connectivity index (χ1n) is 6.19. The number of anilines is 1. The van der Waals surface area contributed by atoms with Gasteiger partial charge in [0.2, 0.25) is 0 Å². The summed E-state index contributed by atoms with van der Waals surface area (Å²) in [6, 6.07) is 8.00. The van der Waals surface area contributed by atoms with Crippen LogP contribution in [-0.2, 0) is 11.2 Å². The molecular weight excluding hydrogens is 228 g/mol. The van der Waals surface area contributed by atoms with E-state index in [-0.39, 0.29) is 0 Å². The number of hydrogen-bond acceptors (Lipinski definition) is 3. The number of benzene rings is 1. The molecule has 1 amide bonds. The molecule has 1 aromatic carbocycles. The summed E-state index contributed by atoms with van der Waals surface area (Å²) in [5.74, 6) is -0.398. The van der Waals surface area contributed by atoms with Crippen LogP contribution in [0.4, 0.5) is 5.69 Å². The predicted molar refractivity (Wildman–Crippen MR) is 71.1 cm³/mol. The third kappa shape index (κ3) is 2.71. The highest BCUT2D eigenvalue weighted by Crippen LogP contribution is 2.24. The quantitative estimate of drug-likeness (QED) is 0.793. The molecule has 0 saturated carbocycles. The van der Waals surface area contributed by atoms with Gasteiger partial charge in [0.15, 0.2) is 6.10 Å². The number of carbonyl (C=O) groups excluding carboxylic acids is 1. The minimum Gasteiger partial charge on any atom is -0.379 e. The van der Waals surface area contributed by atoms with Gasteiger partial charge in [-0.25, -0.2) is 0 Å². The van der Waals surface area contributed by atoms with Crippen molar-refractivity contribution in [2.45, 2.75) is 25.9 Å². The van der Waals surface area contributed by atoms with Gasteiger partial charge in [-0.15, -0.1) is 0 Å². The highest BCUT2D eigenvalue weighted by Gasteiger charge is 2.20. The third-order valence-corrected chi connectivity index (χ3v) is 3.00. The topological polar surface area (TPSA) is 52.6 Å². The summed E-state index contributed by atoms with van der Waals surface area (Å²) in [5, 5.41) is 11.4. The highest BCUT2D eigenvalue weighted by molar-refractivity contribution is 5.84. The van der Waals surface area contributed by atoms with E-state index in [0.717, 1.165) is 25.1 Å². The molecule has 0 radical (unpaired) electrons. The maximum atomic E-state index is 11.8. The van der Waals surface area contributed by atoms with Crippen LogP contribution < -0.4 is 10.4 Å². The molecule has 0 aliphatic carbocycles. The van der Waals surface area contributed by atoms with E-state index in [0.29, 0.717) is 0 Å². The number of hydrogen-bond donors (Lipinski definition) is 2. The summed E-state index contributed by atoms with van der Waals surface area (Å²) >= 11 is 0. The van der Waals surface area contributed by atoms with Gasteiger partial charge in [-0.05, 0) is 31.4 Å². The molecule has 0 bridgehead atoms. The Morgan fingerprint density at radius 3 is 3.06 bits per heavy atom. The molecule has 0 fully saturated rings. The zero-order valence-corrected chi connectivity index (χ0v) is 10.5. The van der Waals surface area contributed by atoms with Crippen LogP contribution in [0.5, 0.6) is 0 Å². The van der Waals surface area contributed by atoms with Crippen molar-refractivity contribution in [3.63, 3.8) is 0 Å². The molecule has 1 aliphatic rings. The number of fused-ring (bicyclic) bond motifs is 1. The lowest BCUT2D eigenvalue weighted by Crippen LogP contribution is -2.48. The fourth-order valence-corrected chi connectivity index (χ4v) is 2.12. The number of nitrogens with zero attached hydrogens (tertiary/aromatic N) is 1. The average molecular weight is 246 g/mol. The van der Waals surface area contributed by atoms with Gasteiger partial charge in [0.05, 0.1) is 5.69 Å². The Labute approximate surface area is 107 Å². The maximum absolute atomic E-state index is 11.8. The predicted octanol–water partition coefficient (Wildman–Crippen LogP) is 1.41. The third-order valence-electron chi connectivity index (χ3n) is 3.00. The Morgan fingerprint density at radius 1 is 1.50 bits per heavy atom. The molecule has 1 aliphatic heterocycles. The molecule has 0 aromatic heterocycles. The summed E-state index contributed by atoms with van der Waals surface area (Å²) in [7, 11) is 0. The first kappa shape index (κ1) is 12.6. The van der Waals surface area contributed by atoms with E-state index >= 15 is 0 Å². The Hall–Kier alpha value is -1.81. The van der Waals surface area contributed by atoms with Crippen molar-refractivity contribution in [1.29, 1.82) is 0 Å². The summed E-state index contributed by atoms with van der Waals surface area (Å²) < 4.78 is 0. The largest absolute Gasteiger partial charge is 0.379 e. The molecule has 1 heterocycles. The molecule has 4 heteroatoms. The van der Waals surface area contributed by atoms with Gasteiger partial charge in [0.25, 0.3) is 5.91 Å². The summed E-state index contributed by atoms with van der Waals surface area (Å²) in [6.07, 6.45) is 4.06. The number of amides is 1. The van der Waals surface area contributed by atoms with E-state index in [4.69, 9.17) is 0 Å². The van der Waals surface area contributed by atoms with Crippen LogP contribution in [0, 0.1) is 0 Å². The smallest absolute Gasteiger partial charge is 0.271 e. The van der Waals surface area contributed by atoms with Crippen LogP contribution in [0.3, 0.4) is 0 Å². The van der Waals surface area contributed by atoms with Gasteiger partial charge >= 0.3 is 0 Å². The van der Waals surface area contributed by atoms with Crippen LogP contribution in [-0.4, -0.2) is 23.7 Å². The van der Waals surface area contributed by atoms with Crippen LogP contribution in [0.15, 0.2) is 36.4 Å². The second-order valence-corrected chi connectivity index (χ2v) is 4.33. The number of carbonyl (C=O) groups is 1. The molecule has 2 N–H and O–H groups in total. The van der Waals surface area contributed by atoms with Gasteiger partial charge < -0.3 is 5.11 Å². The van der Waals surface area contributed by atoms with Gasteiger partial charge in [-0.3, -0.25) is 15.2 Å². The molecule has 0 spiro atoms. The lowest BCUT2D eigenvalue weighted by molar-refractivity contribution is -0.127. The maximum Gasteiger partial charge on any atom is 0.271 e. The molecule has 2 rings (SSSR count). The monoisotopic (exact) mass is 246 g/mol. The number of nitrogens with one attached hydrogen (secondary N) is 1. The van der Waals surface area contributed by atoms with E-state index in [1.165, 1.54) is 11.6 Å². The Balaban J connectivity index is 2.09. The molecule has 18 heavy (non-hydrogen) atoms. The molecule has 96 valence electrons. The summed E-state index contributed by atoms with van der Waals surface area (Å²) in [4.78, 5) is 11.8. The molecule has 1 atom stereocenters. The number of hydrazine groups is 1. The average Bonchev–Trinajstić information content (AvgIpc) is 2.39. The number of aryl methyl sites for hydroxylation is 1. The van der Waals surface area contributed by atoms with E-state index in [9.17, 15) is 9.90 Å². The normalized spacial score (nSPS) is 16.4. The van der Waals surface area contributed by atoms with Gasteiger partial charge in [0, 0.05) is 6.54 Å². The zero-order chi connectivity index (χ0) is 13.0. The summed E-state index contributed by atoms with van der Waals surface area (Å²) in [6.45, 7) is 2.54. The van der Waals surface area contributed by atoms with Crippen molar-refractivity contribution in [2.75, 3.05) is 11.6 Å². The number of allylic oxidation sites excluding steroid dienone is 1. The Kier molecular flexibility index (Phi) is 3.99. The fourth-order valence-electron chi connectivity index (χ4n) is 2.12. The van der Waals surface area contributed by atoms with E-state index in [1.807, 2.05) is 23.2 Å². The van der Waals surface area contributed by atoms with Crippen LogP contribution in [0.1, 0.15) is 18.9 Å². The Morgan fingerprint density at radius 2 is 2.28 bits per heavy atom. The van der Waals surface area contributed by atoms with E-state index in [1.54, 1.807) is 13.0 Å². The number of rotatable bonds is 3. The minimum atomic E-state index is -1.09. The van der Waals surface area contributed by atoms with Crippen LogP contribution in [0.2, 0.25) is 0 Å². The van der Waals surface area contributed by atoms with Gasteiger partial charge in [-0.2, -0.15) is 0 Å². The van der Waals surface area contributed by atoms with E-state index in [2.05, 4.69) is 11.5 Å². The van der Waals surface area contributed by atoms with Crippen molar-refractivity contribution in [3.05, 3.63) is 42.0 Å². The second-order valence-electron chi connectivity index (χ2n) is 4.33.